The molecule has 1 aromatic rings. The van der Waals surface area contributed by atoms with Crippen LogP contribution in [0.15, 0.2) is 42.5 Å². The first-order valence-corrected chi connectivity index (χ1v) is 12.6. The molecule has 0 aliphatic carbocycles. The summed E-state index contributed by atoms with van der Waals surface area (Å²) in [6.45, 7) is 0.450. The lowest BCUT2D eigenvalue weighted by atomic mass is 9.77. The number of allylic oxidation sites excluding steroid dienone is 2. The average Bonchev–Trinajstić information content (AvgIpc) is 3.32. The first-order chi connectivity index (χ1) is 14.4. The normalized spacial score (nSPS) is 25.9. The van der Waals surface area contributed by atoms with Gasteiger partial charge in [-0.25, -0.2) is 13.1 Å². The highest BCUT2D eigenvalue weighted by Crippen LogP contribution is 2.45. The maximum atomic E-state index is 12.5. The second-order valence-electron chi connectivity index (χ2n) is 8.36. The third kappa shape index (κ3) is 6.93. The summed E-state index contributed by atoms with van der Waals surface area (Å²) in [5.41, 5.74) is 1.03. The highest BCUT2D eigenvalue weighted by Gasteiger charge is 2.48. The number of benzene rings is 1. The Labute approximate surface area is 179 Å². The zero-order chi connectivity index (χ0) is 21.4. The van der Waals surface area contributed by atoms with Crippen molar-refractivity contribution < 1.29 is 23.1 Å². The van der Waals surface area contributed by atoms with Crippen LogP contribution >= 0.6 is 0 Å². The number of fused-ring (bicyclic) bond motifs is 2. The van der Waals surface area contributed by atoms with Crippen LogP contribution in [0.1, 0.15) is 50.5 Å². The van der Waals surface area contributed by atoms with Crippen LogP contribution < -0.4 is 4.72 Å². The molecule has 3 rings (SSSR count). The lowest BCUT2D eigenvalue weighted by Crippen LogP contribution is -2.39. The van der Waals surface area contributed by atoms with Gasteiger partial charge >= 0.3 is 5.97 Å². The van der Waals surface area contributed by atoms with Crippen LogP contribution in [0.25, 0.3) is 0 Å². The summed E-state index contributed by atoms with van der Waals surface area (Å²) < 4.78 is 33.9. The molecule has 30 heavy (non-hydrogen) atoms. The van der Waals surface area contributed by atoms with E-state index in [1.165, 1.54) is 0 Å². The molecule has 7 heteroatoms. The van der Waals surface area contributed by atoms with Crippen LogP contribution in [0.2, 0.25) is 0 Å². The van der Waals surface area contributed by atoms with Crippen LogP contribution in [0.3, 0.4) is 0 Å². The van der Waals surface area contributed by atoms with Crippen molar-refractivity contribution in [1.82, 2.24) is 4.72 Å². The number of carbonyl (C=O) groups is 1. The minimum atomic E-state index is -3.32. The van der Waals surface area contributed by atoms with Gasteiger partial charge in [0.1, 0.15) is 0 Å². The van der Waals surface area contributed by atoms with Gasteiger partial charge in [-0.3, -0.25) is 4.79 Å². The van der Waals surface area contributed by atoms with E-state index in [2.05, 4.69) is 16.9 Å². The topological polar surface area (TPSA) is 92.7 Å². The standard InChI is InChI=1S/C23H33NO5S/c25-23(26)12-8-3-1-2-7-11-19-20(22-14-13-21(19)29-22)17-24-30(27,28)16-15-18-9-5-4-6-10-18/h1-2,4-6,9-10,19-22,24H,3,7-8,11-17H2,(H,25,26)/t19-,20+,21-,22+/m0/s1. The number of hydrogen-bond donors (Lipinski definition) is 2. The van der Waals surface area contributed by atoms with E-state index in [9.17, 15) is 13.2 Å². The van der Waals surface area contributed by atoms with Crippen molar-refractivity contribution in [3.63, 3.8) is 0 Å². The molecule has 166 valence electrons. The molecule has 0 aromatic heterocycles. The highest BCUT2D eigenvalue weighted by molar-refractivity contribution is 7.89. The Morgan fingerprint density at radius 2 is 1.80 bits per heavy atom. The minimum absolute atomic E-state index is 0.0996. The molecule has 2 bridgehead atoms. The van der Waals surface area contributed by atoms with Gasteiger partial charge in [-0.15, -0.1) is 0 Å². The van der Waals surface area contributed by atoms with Gasteiger partial charge in [-0.1, -0.05) is 42.5 Å². The van der Waals surface area contributed by atoms with Gasteiger partial charge in [0, 0.05) is 18.9 Å². The summed E-state index contributed by atoms with van der Waals surface area (Å²) in [7, 11) is -3.32. The molecule has 0 saturated carbocycles. The molecule has 0 amide bonds. The summed E-state index contributed by atoms with van der Waals surface area (Å²) in [6, 6.07) is 9.67. The Kier molecular flexibility index (Phi) is 8.48. The summed E-state index contributed by atoms with van der Waals surface area (Å²) in [4.78, 5) is 10.5. The number of nitrogens with one attached hydrogen (secondary N) is 1. The fraction of sp³-hybridized carbons (Fsp3) is 0.609. The van der Waals surface area contributed by atoms with Crippen molar-refractivity contribution in [1.29, 1.82) is 0 Å². The predicted octanol–water partition coefficient (Wildman–Crippen LogP) is 3.53. The van der Waals surface area contributed by atoms with Crippen molar-refractivity contribution in [3.05, 3.63) is 48.0 Å². The van der Waals surface area contributed by atoms with Gasteiger partial charge in [0.2, 0.25) is 10.0 Å². The van der Waals surface area contributed by atoms with Gasteiger partial charge in [0.05, 0.1) is 18.0 Å². The fourth-order valence-electron chi connectivity index (χ4n) is 4.64. The third-order valence-corrected chi connectivity index (χ3v) is 7.57. The monoisotopic (exact) mass is 435 g/mol. The molecule has 2 N–H and O–H groups in total. The number of carboxylic acids is 1. The zero-order valence-corrected chi connectivity index (χ0v) is 18.2. The minimum Gasteiger partial charge on any atom is -0.481 e. The van der Waals surface area contributed by atoms with Crippen LogP contribution in [-0.4, -0.2) is 44.0 Å². The van der Waals surface area contributed by atoms with E-state index in [0.717, 1.165) is 37.7 Å². The van der Waals surface area contributed by atoms with Crippen LogP contribution in [0.4, 0.5) is 0 Å². The van der Waals surface area contributed by atoms with Crippen LogP contribution in [-0.2, 0) is 26.0 Å². The van der Waals surface area contributed by atoms with Gasteiger partial charge in [-0.05, 0) is 56.4 Å². The number of sulfonamides is 1. The molecule has 1 aromatic carbocycles. The average molecular weight is 436 g/mol. The van der Waals surface area contributed by atoms with Crippen molar-refractivity contribution >= 4 is 16.0 Å². The summed E-state index contributed by atoms with van der Waals surface area (Å²) >= 11 is 0. The van der Waals surface area contributed by atoms with Gasteiger partial charge in [0.25, 0.3) is 0 Å². The predicted molar refractivity (Wildman–Crippen MR) is 117 cm³/mol. The number of hydrogen-bond acceptors (Lipinski definition) is 4. The number of carboxylic acid groups (broad SMARTS) is 1. The van der Waals surface area contributed by atoms with Gasteiger partial charge in [0.15, 0.2) is 0 Å². The van der Waals surface area contributed by atoms with Crippen molar-refractivity contribution in [2.45, 2.75) is 63.6 Å². The van der Waals surface area contributed by atoms with E-state index >= 15 is 0 Å². The Morgan fingerprint density at radius 1 is 1.10 bits per heavy atom. The number of rotatable bonds is 13. The zero-order valence-electron chi connectivity index (χ0n) is 17.4. The quantitative estimate of drug-likeness (QED) is 0.365. The van der Waals surface area contributed by atoms with Crippen LogP contribution in [0, 0.1) is 11.8 Å². The van der Waals surface area contributed by atoms with Crippen molar-refractivity contribution in [3.8, 4) is 0 Å². The van der Waals surface area contributed by atoms with Crippen molar-refractivity contribution in [2.24, 2.45) is 11.8 Å². The number of aryl methyl sites for hydroxylation is 1. The Morgan fingerprint density at radius 3 is 2.53 bits per heavy atom. The molecule has 2 aliphatic rings. The maximum absolute atomic E-state index is 12.5. The molecule has 2 heterocycles. The SMILES string of the molecule is O=C(O)CCCC=CCC[C@H]1[C@@H](CNS(=O)(=O)CCc2ccccc2)[C@H]2CC[C@@H]1O2. The van der Waals surface area contributed by atoms with Crippen LogP contribution in [0.5, 0.6) is 0 Å². The van der Waals surface area contributed by atoms with E-state index < -0.39 is 16.0 Å². The summed E-state index contributed by atoms with van der Waals surface area (Å²) in [5, 5.41) is 8.66. The largest absolute Gasteiger partial charge is 0.481 e. The van der Waals surface area contributed by atoms with Crippen molar-refractivity contribution in [2.75, 3.05) is 12.3 Å². The fourth-order valence-corrected chi connectivity index (χ4v) is 5.74. The number of aliphatic carboxylic acids is 1. The van der Waals surface area contributed by atoms with Gasteiger partial charge < -0.3 is 9.84 Å². The second kappa shape index (κ2) is 11.1. The first-order valence-electron chi connectivity index (χ1n) is 11.0. The highest BCUT2D eigenvalue weighted by atomic mass is 32.2. The number of ether oxygens (including phenoxy) is 1. The lowest BCUT2D eigenvalue weighted by Gasteiger charge is -2.28. The van der Waals surface area contributed by atoms with E-state index in [1.54, 1.807) is 0 Å². The molecule has 2 fully saturated rings. The molecular formula is C23H33NO5S. The Bertz CT molecular complexity index is 808. The molecule has 2 saturated heterocycles. The first kappa shape index (κ1) is 23.0. The van der Waals surface area contributed by atoms with E-state index in [0.29, 0.717) is 25.3 Å². The molecule has 0 spiro atoms. The molecular weight excluding hydrogens is 402 g/mol. The molecule has 0 unspecified atom stereocenters. The third-order valence-electron chi connectivity index (χ3n) is 6.23. The molecule has 6 nitrogen and oxygen atoms in total. The number of unbranched alkanes of at least 4 members (excludes halogenated alkanes) is 1. The molecule has 4 atom stereocenters. The van der Waals surface area contributed by atoms with E-state index in [-0.39, 0.29) is 30.3 Å². The smallest absolute Gasteiger partial charge is 0.303 e. The Balaban J connectivity index is 1.43. The maximum Gasteiger partial charge on any atom is 0.303 e. The second-order valence-corrected chi connectivity index (χ2v) is 10.3. The van der Waals surface area contributed by atoms with E-state index in [4.69, 9.17) is 9.84 Å². The Hall–Kier alpha value is -1.70. The molecule has 0 radical (unpaired) electrons. The lowest BCUT2D eigenvalue weighted by molar-refractivity contribution is -0.137. The molecule has 2 aliphatic heterocycles. The summed E-state index contributed by atoms with van der Waals surface area (Å²) in [5.74, 6) is -0.0425. The van der Waals surface area contributed by atoms with E-state index in [1.807, 2.05) is 30.3 Å². The van der Waals surface area contributed by atoms with Gasteiger partial charge in [-0.2, -0.15) is 0 Å². The summed E-state index contributed by atoms with van der Waals surface area (Å²) in [6.07, 6.45) is 10.7.